The van der Waals surface area contributed by atoms with Crippen molar-refractivity contribution in [3.63, 3.8) is 0 Å². The normalized spacial score (nSPS) is 11.7. The van der Waals surface area contributed by atoms with Gasteiger partial charge in [0.05, 0.1) is 5.56 Å². The third kappa shape index (κ3) is 7.48. The predicted molar refractivity (Wildman–Crippen MR) is 113 cm³/mol. The van der Waals surface area contributed by atoms with Gasteiger partial charge in [-0.3, -0.25) is 0 Å². The number of aryl methyl sites for hydroxylation is 1. The Morgan fingerprint density at radius 3 is 1.19 bits per heavy atom. The molecule has 2 rings (SSSR count). The monoisotopic (exact) mass is 472 g/mol. The minimum absolute atomic E-state index is 0. The molecule has 0 nitrogen and oxygen atoms in total. The Morgan fingerprint density at radius 2 is 0.875 bits per heavy atom. The minimum Gasteiger partial charge on any atom is -0.203 e. The third-order valence-corrected chi connectivity index (χ3v) is 4.23. The summed E-state index contributed by atoms with van der Waals surface area (Å²) in [6.45, 7) is 11.5. The summed E-state index contributed by atoms with van der Waals surface area (Å²) >= 11 is 0. The molecule has 2 aromatic carbocycles. The number of alkyl halides is 3. The van der Waals surface area contributed by atoms with E-state index >= 15 is 0 Å². The zero-order valence-corrected chi connectivity index (χ0v) is 17.8. The fourth-order valence-corrected chi connectivity index (χ4v) is 2.64. The Labute approximate surface area is 185 Å². The Balaban J connectivity index is 0. The maximum absolute atomic E-state index is 13.2. The molecule has 0 amide bonds. The largest absolute Gasteiger partial charge is 0.416 e. The first-order valence-electron chi connectivity index (χ1n) is 8.99. The Bertz CT molecular complexity index is 852. The van der Waals surface area contributed by atoms with E-state index in [1.165, 1.54) is 32.9 Å². The Morgan fingerprint density at radius 1 is 0.531 bits per heavy atom. The van der Waals surface area contributed by atoms with Crippen molar-refractivity contribution in [3.8, 4) is 0 Å². The van der Waals surface area contributed by atoms with Crippen molar-refractivity contribution in [1.29, 1.82) is 0 Å². The first kappa shape index (κ1) is 32.1. The van der Waals surface area contributed by atoms with Crippen molar-refractivity contribution in [2.24, 2.45) is 0 Å². The second kappa shape index (κ2) is 10.7. The maximum atomic E-state index is 13.2. The molecule has 0 aliphatic heterocycles. The summed E-state index contributed by atoms with van der Waals surface area (Å²) in [7, 11) is 0. The van der Waals surface area contributed by atoms with Crippen LogP contribution in [0.1, 0.15) is 78.6 Å². The van der Waals surface area contributed by atoms with E-state index in [-0.39, 0.29) is 20.3 Å². The van der Waals surface area contributed by atoms with Crippen LogP contribution < -0.4 is 0 Å². The van der Waals surface area contributed by atoms with Crippen LogP contribution >= 0.6 is 0 Å². The molecule has 0 N–H and O–H groups in total. The first-order chi connectivity index (χ1) is 13.3. The van der Waals surface area contributed by atoms with Gasteiger partial charge in [0.15, 0.2) is 23.3 Å². The SMILES string of the molecule is C.C.CC(C)(C)c1c(F)c(F)c(F)c(F)c1F.Cc1cc(C(C)(C)C)cc(C(F)(F)F)c1. The third-order valence-electron chi connectivity index (χ3n) is 4.23. The van der Waals surface area contributed by atoms with Gasteiger partial charge in [0.25, 0.3) is 0 Å². The van der Waals surface area contributed by atoms with Crippen LogP contribution in [0.5, 0.6) is 0 Å². The Hall–Kier alpha value is -2.12. The van der Waals surface area contributed by atoms with Crippen LogP contribution in [-0.2, 0) is 17.0 Å². The molecule has 0 atom stereocenters. The smallest absolute Gasteiger partial charge is 0.203 e. The molecule has 8 heteroatoms. The van der Waals surface area contributed by atoms with Crippen molar-refractivity contribution < 1.29 is 35.1 Å². The molecule has 32 heavy (non-hydrogen) atoms. The summed E-state index contributed by atoms with van der Waals surface area (Å²) < 4.78 is 102. The average molecular weight is 473 g/mol. The van der Waals surface area contributed by atoms with Gasteiger partial charge in [0.1, 0.15) is 0 Å². The highest BCUT2D eigenvalue weighted by molar-refractivity contribution is 5.35. The number of benzene rings is 2. The molecule has 0 spiro atoms. The van der Waals surface area contributed by atoms with E-state index in [9.17, 15) is 35.1 Å². The molecule has 0 aromatic heterocycles. The first-order valence-corrected chi connectivity index (χ1v) is 8.99. The summed E-state index contributed by atoms with van der Waals surface area (Å²) in [5.74, 6) is -9.46. The lowest BCUT2D eigenvalue weighted by molar-refractivity contribution is -0.137. The van der Waals surface area contributed by atoms with Crippen molar-refractivity contribution in [2.45, 2.75) is 80.3 Å². The molecular formula is C24H32F8. The second-order valence-electron chi connectivity index (χ2n) is 9.03. The molecule has 0 saturated carbocycles. The predicted octanol–water partition coefficient (Wildman–Crippen LogP) is 9.26. The van der Waals surface area contributed by atoms with E-state index in [1.807, 2.05) is 20.8 Å². The van der Waals surface area contributed by atoms with E-state index in [2.05, 4.69) is 0 Å². The van der Waals surface area contributed by atoms with Crippen molar-refractivity contribution in [3.05, 3.63) is 69.5 Å². The van der Waals surface area contributed by atoms with Gasteiger partial charge in [-0.1, -0.05) is 68.0 Å². The van der Waals surface area contributed by atoms with Crippen molar-refractivity contribution in [1.82, 2.24) is 0 Å². The quantitative estimate of drug-likeness (QED) is 0.204. The maximum Gasteiger partial charge on any atom is 0.416 e. The molecular weight excluding hydrogens is 440 g/mol. The summed E-state index contributed by atoms with van der Waals surface area (Å²) in [5.41, 5.74) is -1.40. The van der Waals surface area contributed by atoms with Gasteiger partial charge >= 0.3 is 6.18 Å². The average Bonchev–Trinajstić information content (AvgIpc) is 2.55. The van der Waals surface area contributed by atoms with E-state index in [0.29, 0.717) is 5.56 Å². The van der Waals surface area contributed by atoms with Gasteiger partial charge in [-0.15, -0.1) is 0 Å². The van der Waals surface area contributed by atoms with E-state index in [0.717, 1.165) is 5.56 Å². The van der Waals surface area contributed by atoms with Crippen LogP contribution in [0, 0.1) is 36.0 Å². The van der Waals surface area contributed by atoms with E-state index in [1.54, 1.807) is 13.0 Å². The molecule has 2 aromatic rings. The number of hydrogen-bond donors (Lipinski definition) is 0. The zero-order chi connectivity index (χ0) is 23.8. The summed E-state index contributed by atoms with van der Waals surface area (Å²) in [5, 5.41) is 0. The summed E-state index contributed by atoms with van der Waals surface area (Å²) in [6.07, 6.45) is -4.26. The fourth-order valence-electron chi connectivity index (χ4n) is 2.64. The lowest BCUT2D eigenvalue weighted by Gasteiger charge is -2.21. The standard InChI is InChI=1S/C12H15F3.C10H9F5.2CH4/c1-8-5-9(11(2,3)4)7-10(6-8)12(13,14)15;1-10(2,3)4-5(11)7(13)9(15)8(14)6(4)12;;/h5-7H,1-4H3;1-3H3;2*1H4. The molecule has 0 fully saturated rings. The van der Waals surface area contributed by atoms with Crippen molar-refractivity contribution >= 4 is 0 Å². The lowest BCUT2D eigenvalue weighted by Crippen LogP contribution is -2.20. The highest BCUT2D eigenvalue weighted by Crippen LogP contribution is 2.34. The molecule has 0 radical (unpaired) electrons. The van der Waals surface area contributed by atoms with Crippen LogP contribution in [0.25, 0.3) is 0 Å². The van der Waals surface area contributed by atoms with Gasteiger partial charge in [0.2, 0.25) is 5.82 Å². The molecule has 0 unspecified atom stereocenters. The molecule has 0 aliphatic carbocycles. The van der Waals surface area contributed by atoms with Gasteiger partial charge in [-0.05, 0) is 35.4 Å². The number of rotatable bonds is 0. The topological polar surface area (TPSA) is 0 Å². The summed E-state index contributed by atoms with van der Waals surface area (Å²) in [4.78, 5) is 0. The molecule has 0 aliphatic rings. The van der Waals surface area contributed by atoms with Crippen molar-refractivity contribution in [2.75, 3.05) is 0 Å². The van der Waals surface area contributed by atoms with E-state index < -0.39 is 51.8 Å². The molecule has 184 valence electrons. The zero-order valence-electron chi connectivity index (χ0n) is 17.8. The molecule has 0 heterocycles. The Kier molecular flexibility index (Phi) is 10.7. The highest BCUT2D eigenvalue weighted by atomic mass is 19.4. The fraction of sp³-hybridized carbons (Fsp3) is 0.500. The van der Waals surface area contributed by atoms with Crippen LogP contribution in [0.15, 0.2) is 18.2 Å². The second-order valence-corrected chi connectivity index (χ2v) is 9.03. The number of halogens is 8. The molecule has 0 bridgehead atoms. The lowest BCUT2D eigenvalue weighted by atomic mass is 9.85. The number of hydrogen-bond acceptors (Lipinski definition) is 0. The van der Waals surface area contributed by atoms with Gasteiger partial charge in [0, 0.05) is 5.56 Å². The van der Waals surface area contributed by atoms with Crippen LogP contribution in [0.3, 0.4) is 0 Å². The van der Waals surface area contributed by atoms with Crippen LogP contribution in [-0.4, -0.2) is 0 Å². The highest BCUT2D eigenvalue weighted by Gasteiger charge is 2.33. The van der Waals surface area contributed by atoms with Crippen LogP contribution in [0.2, 0.25) is 0 Å². The van der Waals surface area contributed by atoms with Gasteiger partial charge in [-0.2, -0.15) is 13.2 Å². The van der Waals surface area contributed by atoms with Crippen LogP contribution in [0.4, 0.5) is 35.1 Å². The molecule has 0 saturated heterocycles. The summed E-state index contributed by atoms with van der Waals surface area (Å²) in [6, 6.07) is 4.21. The van der Waals surface area contributed by atoms with Gasteiger partial charge < -0.3 is 0 Å². The minimum atomic E-state index is -4.26. The van der Waals surface area contributed by atoms with Gasteiger partial charge in [-0.25, -0.2) is 22.0 Å². The van der Waals surface area contributed by atoms with E-state index in [4.69, 9.17) is 0 Å².